The zero-order valence-corrected chi connectivity index (χ0v) is 17.2. The number of aromatic nitrogens is 4. The second-order valence-electron chi connectivity index (χ2n) is 7.36. The first-order valence-electron chi connectivity index (χ1n) is 9.86. The lowest BCUT2D eigenvalue weighted by Gasteiger charge is -2.31. The minimum Gasteiger partial charge on any atom is -0.328 e. The first kappa shape index (κ1) is 19.4. The molecule has 1 aliphatic heterocycles. The van der Waals surface area contributed by atoms with Gasteiger partial charge < -0.3 is 5.32 Å². The molecule has 1 atom stereocenters. The minimum absolute atomic E-state index is 0.0640. The number of Topliss-reactive ketones (excluding diaryl/α,β-unsaturated/α-hetero) is 1. The van der Waals surface area contributed by atoms with E-state index in [0.717, 1.165) is 35.2 Å². The average Bonchev–Trinajstić information content (AvgIpc) is 3.20. The van der Waals surface area contributed by atoms with E-state index in [9.17, 15) is 14.9 Å². The number of benzene rings is 1. The first-order valence-corrected chi connectivity index (χ1v) is 10.8. The number of anilines is 1. The molecule has 1 aliphatic carbocycles. The fourth-order valence-corrected chi connectivity index (χ4v) is 4.69. The van der Waals surface area contributed by atoms with Crippen molar-refractivity contribution in [3.05, 3.63) is 81.3 Å². The molecule has 156 valence electrons. The number of nitrogens with one attached hydrogen (secondary N) is 1. The fourth-order valence-electron chi connectivity index (χ4n) is 3.91. The number of non-ortho nitro benzene ring substituents is 1. The van der Waals surface area contributed by atoms with Crippen LogP contribution in [0.25, 0.3) is 0 Å². The van der Waals surface area contributed by atoms with Gasteiger partial charge in [0.1, 0.15) is 6.04 Å². The van der Waals surface area contributed by atoms with Gasteiger partial charge in [-0.25, -0.2) is 4.68 Å². The summed E-state index contributed by atoms with van der Waals surface area (Å²) in [5.74, 6) is 1.31. The zero-order valence-electron chi connectivity index (χ0n) is 16.4. The Hall–Kier alpha value is -3.53. The Bertz CT molecular complexity index is 1190. The summed E-state index contributed by atoms with van der Waals surface area (Å²) in [6, 6.07) is 9.90. The number of nitrogens with zero attached hydrogens (tertiary/aromatic N) is 5. The molecule has 0 radical (unpaired) electrons. The maximum absolute atomic E-state index is 12.8. The Kier molecular flexibility index (Phi) is 4.99. The molecule has 1 aromatic carbocycles. The van der Waals surface area contributed by atoms with Crippen LogP contribution in [0.2, 0.25) is 0 Å². The number of nitro benzene ring substituents is 1. The third-order valence-electron chi connectivity index (χ3n) is 5.36. The number of rotatable bonds is 5. The van der Waals surface area contributed by atoms with E-state index in [0.29, 0.717) is 23.3 Å². The predicted molar refractivity (Wildman–Crippen MR) is 115 cm³/mol. The van der Waals surface area contributed by atoms with Crippen LogP contribution in [-0.2, 0) is 10.5 Å². The summed E-state index contributed by atoms with van der Waals surface area (Å²) in [5, 5.41) is 19.4. The Labute approximate surface area is 181 Å². The van der Waals surface area contributed by atoms with E-state index >= 15 is 0 Å². The fraction of sp³-hybridized carbons (Fsp3) is 0.238. The Morgan fingerprint density at radius 3 is 2.81 bits per heavy atom. The number of hydrogen-bond donors (Lipinski definition) is 1. The van der Waals surface area contributed by atoms with Crippen LogP contribution in [0.4, 0.5) is 11.6 Å². The molecule has 0 amide bonds. The molecule has 2 aromatic heterocycles. The van der Waals surface area contributed by atoms with Gasteiger partial charge in [-0.05, 0) is 30.0 Å². The highest BCUT2D eigenvalue weighted by Crippen LogP contribution is 2.40. The molecule has 3 aromatic rings. The van der Waals surface area contributed by atoms with Gasteiger partial charge in [-0.2, -0.15) is 4.98 Å². The zero-order chi connectivity index (χ0) is 21.4. The second kappa shape index (κ2) is 7.95. The van der Waals surface area contributed by atoms with Crippen LogP contribution in [0, 0.1) is 10.1 Å². The van der Waals surface area contributed by atoms with Crippen molar-refractivity contribution in [1.29, 1.82) is 0 Å². The Morgan fingerprint density at radius 1 is 1.23 bits per heavy atom. The Morgan fingerprint density at radius 2 is 2.06 bits per heavy atom. The van der Waals surface area contributed by atoms with Crippen LogP contribution in [0.3, 0.4) is 0 Å². The van der Waals surface area contributed by atoms with Gasteiger partial charge in [0, 0.05) is 48.0 Å². The number of fused-ring (bicyclic) bond motifs is 1. The molecule has 2 aliphatic rings. The molecule has 0 saturated heterocycles. The molecule has 3 heterocycles. The summed E-state index contributed by atoms with van der Waals surface area (Å²) in [6.07, 6.45) is 5.62. The van der Waals surface area contributed by atoms with Gasteiger partial charge in [0.05, 0.1) is 4.92 Å². The standard InChI is InChI=1S/C21H18N6O3S/c28-17-5-1-4-16-18(17)19(14-3-2-10-22-11-14)26-20(23-16)24-21(25-26)31-12-13-6-8-15(9-7-13)27(29)30/h2-3,6-11,19H,1,4-5,12H2,(H,23,24,25). The largest absolute Gasteiger partial charge is 0.328 e. The van der Waals surface area contributed by atoms with Gasteiger partial charge in [0.2, 0.25) is 11.1 Å². The normalized spacial score (nSPS) is 17.7. The molecule has 0 spiro atoms. The van der Waals surface area contributed by atoms with Crippen LogP contribution < -0.4 is 5.32 Å². The van der Waals surface area contributed by atoms with E-state index in [1.54, 1.807) is 29.2 Å². The number of hydrogen-bond acceptors (Lipinski definition) is 8. The third-order valence-corrected chi connectivity index (χ3v) is 6.27. The van der Waals surface area contributed by atoms with Crippen molar-refractivity contribution >= 4 is 29.2 Å². The molecule has 0 bridgehead atoms. The van der Waals surface area contributed by atoms with E-state index in [2.05, 4.69) is 20.4 Å². The van der Waals surface area contributed by atoms with Gasteiger partial charge in [0.15, 0.2) is 5.78 Å². The van der Waals surface area contributed by atoms with Crippen molar-refractivity contribution in [2.45, 2.75) is 36.2 Å². The third kappa shape index (κ3) is 3.70. The number of carbonyl (C=O) groups excluding carboxylic acids is 1. The number of carbonyl (C=O) groups is 1. The number of ketones is 1. The van der Waals surface area contributed by atoms with E-state index in [-0.39, 0.29) is 17.5 Å². The summed E-state index contributed by atoms with van der Waals surface area (Å²) >= 11 is 1.44. The number of thioether (sulfide) groups is 1. The maximum atomic E-state index is 12.8. The van der Waals surface area contributed by atoms with Crippen molar-refractivity contribution in [2.24, 2.45) is 0 Å². The summed E-state index contributed by atoms with van der Waals surface area (Å²) < 4.78 is 1.76. The van der Waals surface area contributed by atoms with Crippen LogP contribution in [0.1, 0.15) is 36.4 Å². The first-order chi connectivity index (χ1) is 15.1. The molecule has 0 fully saturated rings. The van der Waals surface area contributed by atoms with Crippen molar-refractivity contribution in [1.82, 2.24) is 19.7 Å². The van der Waals surface area contributed by atoms with E-state index in [4.69, 9.17) is 0 Å². The van der Waals surface area contributed by atoms with E-state index in [1.165, 1.54) is 23.9 Å². The summed E-state index contributed by atoms with van der Waals surface area (Å²) in [6.45, 7) is 0. The molecule has 1 N–H and O–H groups in total. The summed E-state index contributed by atoms with van der Waals surface area (Å²) in [5.41, 5.74) is 3.55. The molecule has 1 unspecified atom stereocenters. The summed E-state index contributed by atoms with van der Waals surface area (Å²) in [7, 11) is 0. The molecule has 31 heavy (non-hydrogen) atoms. The minimum atomic E-state index is -0.414. The topological polar surface area (TPSA) is 116 Å². The van der Waals surface area contributed by atoms with Crippen molar-refractivity contribution < 1.29 is 9.72 Å². The average molecular weight is 434 g/mol. The van der Waals surface area contributed by atoms with Gasteiger partial charge in [0.25, 0.3) is 5.69 Å². The highest BCUT2D eigenvalue weighted by Gasteiger charge is 2.36. The van der Waals surface area contributed by atoms with Gasteiger partial charge in [-0.15, -0.1) is 5.10 Å². The highest BCUT2D eigenvalue weighted by molar-refractivity contribution is 7.98. The maximum Gasteiger partial charge on any atom is 0.269 e. The van der Waals surface area contributed by atoms with Crippen molar-refractivity contribution in [3.63, 3.8) is 0 Å². The van der Waals surface area contributed by atoms with Crippen LogP contribution in [0.15, 0.2) is 65.2 Å². The molecule has 9 nitrogen and oxygen atoms in total. The van der Waals surface area contributed by atoms with E-state index < -0.39 is 4.92 Å². The van der Waals surface area contributed by atoms with Gasteiger partial charge in [-0.3, -0.25) is 19.9 Å². The molecular weight excluding hydrogens is 416 g/mol. The van der Waals surface area contributed by atoms with Crippen LogP contribution in [-0.4, -0.2) is 30.5 Å². The lowest BCUT2D eigenvalue weighted by molar-refractivity contribution is -0.384. The SMILES string of the molecule is O=C1CCCC2=C1C(c1cccnc1)n1nc(SCc3ccc([N+](=O)[O-])cc3)nc1N2. The van der Waals surface area contributed by atoms with Crippen LogP contribution >= 0.6 is 11.8 Å². The van der Waals surface area contributed by atoms with Crippen LogP contribution in [0.5, 0.6) is 0 Å². The van der Waals surface area contributed by atoms with E-state index in [1.807, 2.05) is 12.1 Å². The monoisotopic (exact) mass is 434 g/mol. The molecule has 10 heteroatoms. The smallest absolute Gasteiger partial charge is 0.269 e. The molecule has 0 saturated carbocycles. The molecular formula is C21H18N6O3S. The summed E-state index contributed by atoms with van der Waals surface area (Å²) in [4.78, 5) is 32.0. The molecule has 5 rings (SSSR count). The Balaban J connectivity index is 1.44. The van der Waals surface area contributed by atoms with Gasteiger partial charge in [-0.1, -0.05) is 30.0 Å². The number of pyridine rings is 1. The second-order valence-corrected chi connectivity index (χ2v) is 8.30. The van der Waals surface area contributed by atoms with Crippen molar-refractivity contribution in [3.8, 4) is 0 Å². The number of allylic oxidation sites excluding steroid dienone is 2. The van der Waals surface area contributed by atoms with Crippen molar-refractivity contribution in [2.75, 3.05) is 5.32 Å². The highest BCUT2D eigenvalue weighted by atomic mass is 32.2. The quantitative estimate of drug-likeness (QED) is 0.365. The number of nitro groups is 1. The van der Waals surface area contributed by atoms with Gasteiger partial charge >= 0.3 is 0 Å². The predicted octanol–water partition coefficient (Wildman–Crippen LogP) is 3.90. The lowest BCUT2D eigenvalue weighted by atomic mass is 9.86. The lowest BCUT2D eigenvalue weighted by Crippen LogP contribution is -2.31.